The molecule has 0 saturated carbocycles. The molecule has 1 aromatic carbocycles. The standard InChI is InChI=1S/C17H24N2O2/c1-3-12-10-19(13(4-2)9-18-12)17(20)15-11-21-16-8-6-5-7-14(15)16/h5-8,12-13,15,18H,3-4,9-11H2,1-2H3. The van der Waals surface area contributed by atoms with Crippen molar-refractivity contribution in [1.82, 2.24) is 10.2 Å². The van der Waals surface area contributed by atoms with Crippen molar-refractivity contribution in [3.63, 3.8) is 0 Å². The first-order chi connectivity index (χ1) is 10.2. The second-order valence-corrected chi connectivity index (χ2v) is 5.97. The van der Waals surface area contributed by atoms with E-state index in [1.54, 1.807) is 0 Å². The number of hydrogen-bond donors (Lipinski definition) is 1. The topological polar surface area (TPSA) is 41.6 Å². The Morgan fingerprint density at radius 1 is 1.33 bits per heavy atom. The van der Waals surface area contributed by atoms with Crippen molar-refractivity contribution in [2.24, 2.45) is 0 Å². The second-order valence-electron chi connectivity index (χ2n) is 5.97. The van der Waals surface area contributed by atoms with Gasteiger partial charge in [0.25, 0.3) is 0 Å². The minimum Gasteiger partial charge on any atom is -0.492 e. The summed E-state index contributed by atoms with van der Waals surface area (Å²) in [7, 11) is 0. The number of benzene rings is 1. The molecule has 0 aliphatic carbocycles. The van der Waals surface area contributed by atoms with Crippen LogP contribution in [0.2, 0.25) is 0 Å². The predicted molar refractivity (Wildman–Crippen MR) is 82.6 cm³/mol. The van der Waals surface area contributed by atoms with Crippen LogP contribution in [0, 0.1) is 0 Å². The van der Waals surface area contributed by atoms with E-state index < -0.39 is 0 Å². The Balaban J connectivity index is 1.80. The van der Waals surface area contributed by atoms with Crippen molar-refractivity contribution in [2.75, 3.05) is 19.7 Å². The van der Waals surface area contributed by atoms with Crippen molar-refractivity contribution in [2.45, 2.75) is 44.7 Å². The van der Waals surface area contributed by atoms with E-state index in [0.717, 1.165) is 37.2 Å². The zero-order valence-electron chi connectivity index (χ0n) is 12.8. The molecule has 3 atom stereocenters. The summed E-state index contributed by atoms with van der Waals surface area (Å²) in [4.78, 5) is 15.1. The average Bonchev–Trinajstić information content (AvgIpc) is 2.97. The molecular weight excluding hydrogens is 264 g/mol. The Morgan fingerprint density at radius 3 is 2.90 bits per heavy atom. The molecule has 4 nitrogen and oxygen atoms in total. The van der Waals surface area contributed by atoms with Crippen LogP contribution in [-0.4, -0.2) is 42.6 Å². The lowest BCUT2D eigenvalue weighted by Crippen LogP contribution is -2.58. The number of rotatable bonds is 3. The summed E-state index contributed by atoms with van der Waals surface area (Å²) in [5, 5.41) is 3.54. The third kappa shape index (κ3) is 2.64. The van der Waals surface area contributed by atoms with Gasteiger partial charge in [0.2, 0.25) is 5.91 Å². The molecule has 0 spiro atoms. The molecular formula is C17H24N2O2. The normalized spacial score (nSPS) is 28.1. The summed E-state index contributed by atoms with van der Waals surface area (Å²) in [5.41, 5.74) is 1.05. The zero-order chi connectivity index (χ0) is 14.8. The van der Waals surface area contributed by atoms with E-state index in [-0.39, 0.29) is 11.8 Å². The number of carbonyl (C=O) groups is 1. The Hall–Kier alpha value is -1.55. The van der Waals surface area contributed by atoms with Crippen LogP contribution in [0.3, 0.4) is 0 Å². The summed E-state index contributed by atoms with van der Waals surface area (Å²) in [5.74, 6) is 0.962. The molecule has 0 aromatic heterocycles. The van der Waals surface area contributed by atoms with Gasteiger partial charge in [-0.15, -0.1) is 0 Å². The number of ether oxygens (including phenoxy) is 1. The highest BCUT2D eigenvalue weighted by atomic mass is 16.5. The number of nitrogens with zero attached hydrogens (tertiary/aromatic N) is 1. The number of fused-ring (bicyclic) bond motifs is 1. The number of piperazine rings is 1. The fraction of sp³-hybridized carbons (Fsp3) is 0.588. The van der Waals surface area contributed by atoms with Crippen LogP contribution in [0.1, 0.15) is 38.2 Å². The molecule has 114 valence electrons. The molecule has 21 heavy (non-hydrogen) atoms. The van der Waals surface area contributed by atoms with E-state index in [9.17, 15) is 4.79 Å². The number of nitrogens with one attached hydrogen (secondary N) is 1. The molecule has 3 unspecified atom stereocenters. The summed E-state index contributed by atoms with van der Waals surface area (Å²) < 4.78 is 5.68. The number of hydrogen-bond acceptors (Lipinski definition) is 3. The first-order valence-corrected chi connectivity index (χ1v) is 8.00. The second kappa shape index (κ2) is 6.06. The maximum Gasteiger partial charge on any atom is 0.234 e. The molecule has 0 radical (unpaired) electrons. The maximum atomic E-state index is 13.0. The van der Waals surface area contributed by atoms with Crippen LogP contribution in [0.5, 0.6) is 5.75 Å². The average molecular weight is 288 g/mol. The number of para-hydroxylation sites is 1. The van der Waals surface area contributed by atoms with E-state index in [0.29, 0.717) is 18.7 Å². The van der Waals surface area contributed by atoms with Crippen molar-refractivity contribution < 1.29 is 9.53 Å². The SMILES string of the molecule is CCC1CN(C(=O)C2COc3ccccc32)C(CC)CN1. The van der Waals surface area contributed by atoms with Gasteiger partial charge in [0.1, 0.15) is 18.3 Å². The fourth-order valence-corrected chi connectivity index (χ4v) is 3.34. The first-order valence-electron chi connectivity index (χ1n) is 8.00. The molecule has 2 heterocycles. The third-order valence-electron chi connectivity index (χ3n) is 4.75. The van der Waals surface area contributed by atoms with Gasteiger partial charge >= 0.3 is 0 Å². The minimum atomic E-state index is -0.133. The molecule has 1 fully saturated rings. The van der Waals surface area contributed by atoms with E-state index in [2.05, 4.69) is 24.1 Å². The third-order valence-corrected chi connectivity index (χ3v) is 4.75. The van der Waals surface area contributed by atoms with Crippen molar-refractivity contribution >= 4 is 5.91 Å². The van der Waals surface area contributed by atoms with E-state index in [1.807, 2.05) is 24.3 Å². The summed E-state index contributed by atoms with van der Waals surface area (Å²) in [6.45, 7) is 6.51. The monoisotopic (exact) mass is 288 g/mol. The van der Waals surface area contributed by atoms with Gasteiger partial charge in [0.05, 0.1) is 0 Å². The van der Waals surface area contributed by atoms with Crippen molar-refractivity contribution in [1.29, 1.82) is 0 Å². The lowest BCUT2D eigenvalue weighted by molar-refractivity contribution is -0.137. The van der Waals surface area contributed by atoms with E-state index in [1.165, 1.54) is 0 Å². The largest absolute Gasteiger partial charge is 0.492 e. The van der Waals surface area contributed by atoms with Crippen LogP contribution >= 0.6 is 0 Å². The fourth-order valence-electron chi connectivity index (χ4n) is 3.34. The smallest absolute Gasteiger partial charge is 0.234 e. The molecule has 1 aromatic rings. The lowest BCUT2D eigenvalue weighted by atomic mass is 9.96. The van der Waals surface area contributed by atoms with Gasteiger partial charge in [-0.1, -0.05) is 32.0 Å². The highest BCUT2D eigenvalue weighted by molar-refractivity contribution is 5.86. The molecule has 1 N–H and O–H groups in total. The molecule has 2 aliphatic heterocycles. The van der Waals surface area contributed by atoms with Crippen LogP contribution in [0.15, 0.2) is 24.3 Å². The number of amides is 1. The lowest BCUT2D eigenvalue weighted by Gasteiger charge is -2.41. The summed E-state index contributed by atoms with van der Waals surface area (Å²) >= 11 is 0. The van der Waals surface area contributed by atoms with Crippen molar-refractivity contribution in [3.05, 3.63) is 29.8 Å². The number of carbonyl (C=O) groups excluding carboxylic acids is 1. The first kappa shape index (κ1) is 14.4. The van der Waals surface area contributed by atoms with Crippen LogP contribution in [-0.2, 0) is 4.79 Å². The van der Waals surface area contributed by atoms with Gasteiger partial charge in [-0.05, 0) is 18.9 Å². The molecule has 2 aliphatic rings. The van der Waals surface area contributed by atoms with Gasteiger partial charge in [-0.25, -0.2) is 0 Å². The van der Waals surface area contributed by atoms with E-state index in [4.69, 9.17) is 4.74 Å². The predicted octanol–water partition coefficient (Wildman–Crippen LogP) is 2.15. The Labute approximate surface area is 126 Å². The Bertz CT molecular complexity index is 517. The van der Waals surface area contributed by atoms with Gasteiger partial charge in [-0.3, -0.25) is 4.79 Å². The summed E-state index contributed by atoms with van der Waals surface area (Å²) in [6, 6.07) is 8.62. The molecule has 0 bridgehead atoms. The zero-order valence-corrected chi connectivity index (χ0v) is 12.8. The highest BCUT2D eigenvalue weighted by Gasteiger charge is 2.37. The summed E-state index contributed by atoms with van der Waals surface area (Å²) in [6.07, 6.45) is 2.04. The van der Waals surface area contributed by atoms with Crippen LogP contribution < -0.4 is 10.1 Å². The van der Waals surface area contributed by atoms with Gasteiger partial charge in [0, 0.05) is 30.7 Å². The Kier molecular flexibility index (Phi) is 4.15. The quantitative estimate of drug-likeness (QED) is 0.926. The van der Waals surface area contributed by atoms with Gasteiger partial charge in [-0.2, -0.15) is 0 Å². The van der Waals surface area contributed by atoms with Gasteiger partial charge < -0.3 is 15.0 Å². The molecule has 1 saturated heterocycles. The van der Waals surface area contributed by atoms with Crippen LogP contribution in [0.4, 0.5) is 0 Å². The Morgan fingerprint density at radius 2 is 2.14 bits per heavy atom. The highest BCUT2D eigenvalue weighted by Crippen LogP contribution is 2.35. The van der Waals surface area contributed by atoms with Gasteiger partial charge in [0.15, 0.2) is 0 Å². The van der Waals surface area contributed by atoms with Crippen molar-refractivity contribution in [3.8, 4) is 5.75 Å². The van der Waals surface area contributed by atoms with Crippen LogP contribution in [0.25, 0.3) is 0 Å². The molecule has 3 rings (SSSR count). The molecule has 4 heteroatoms. The minimum absolute atomic E-state index is 0.133. The molecule has 1 amide bonds. The maximum absolute atomic E-state index is 13.0. The van der Waals surface area contributed by atoms with E-state index >= 15 is 0 Å².